The van der Waals surface area contributed by atoms with Crippen molar-refractivity contribution in [1.29, 1.82) is 0 Å². The Morgan fingerprint density at radius 2 is 1.69 bits per heavy atom. The van der Waals surface area contributed by atoms with Crippen molar-refractivity contribution < 1.29 is 14.3 Å². The first-order valence-electron chi connectivity index (χ1n) is 12.5. The van der Waals surface area contributed by atoms with Crippen molar-refractivity contribution in [3.8, 4) is 0 Å². The number of hydrogen-bond donors (Lipinski definition) is 0. The van der Waals surface area contributed by atoms with Gasteiger partial charge in [0.25, 0.3) is 0 Å². The zero-order valence-corrected chi connectivity index (χ0v) is 19.0. The molecule has 3 nitrogen and oxygen atoms in total. The van der Waals surface area contributed by atoms with E-state index in [9.17, 15) is 9.59 Å². The molecule has 0 N–H and O–H groups in total. The molecule has 164 valence electrons. The number of carbonyl (C=O) groups is 2. The van der Waals surface area contributed by atoms with Crippen molar-refractivity contribution in [1.82, 2.24) is 0 Å². The monoisotopic (exact) mass is 402 g/mol. The van der Waals surface area contributed by atoms with Crippen molar-refractivity contribution in [2.24, 2.45) is 40.4 Å². The van der Waals surface area contributed by atoms with Crippen LogP contribution < -0.4 is 0 Å². The Bertz CT molecular complexity index is 627. The number of ketones is 1. The second-order valence-electron chi connectivity index (χ2n) is 11.4. The number of carbonyl (C=O) groups excluding carboxylic acids is 2. The summed E-state index contributed by atoms with van der Waals surface area (Å²) < 4.78 is 4.62. The highest BCUT2D eigenvalue weighted by Crippen LogP contribution is 2.67. The highest BCUT2D eigenvalue weighted by Gasteiger charge is 2.59. The molecule has 0 radical (unpaired) electrons. The third kappa shape index (κ3) is 3.81. The van der Waals surface area contributed by atoms with Gasteiger partial charge in [-0.1, -0.05) is 26.7 Å². The van der Waals surface area contributed by atoms with E-state index in [0.29, 0.717) is 17.3 Å². The predicted octanol–water partition coefficient (Wildman–Crippen LogP) is 6.34. The molecule has 0 bridgehead atoms. The molecule has 4 saturated carbocycles. The van der Waals surface area contributed by atoms with Crippen molar-refractivity contribution in [3.05, 3.63) is 0 Å². The molecule has 7 atom stereocenters. The quantitative estimate of drug-likeness (QED) is 0.385. The average molecular weight is 403 g/mol. The van der Waals surface area contributed by atoms with Crippen LogP contribution in [0.4, 0.5) is 0 Å². The fourth-order valence-electron chi connectivity index (χ4n) is 8.75. The maximum atomic E-state index is 12.0. The van der Waals surface area contributed by atoms with Gasteiger partial charge in [-0.05, 0) is 105 Å². The van der Waals surface area contributed by atoms with Crippen LogP contribution >= 0.6 is 0 Å². The standard InChI is InChI=1S/C26H42O3/c1-25-15-5-4-7-18(25)10-12-21-22-13-11-19(26(22,2)16-14-23(21)25)8-6-9-20(27)17-24(28)29-3/h18-19,21-23H,4-17H2,1-3H3. The Morgan fingerprint density at radius 3 is 2.48 bits per heavy atom. The Hall–Kier alpha value is -0.860. The van der Waals surface area contributed by atoms with E-state index in [2.05, 4.69) is 18.6 Å². The summed E-state index contributed by atoms with van der Waals surface area (Å²) in [7, 11) is 1.35. The zero-order valence-electron chi connectivity index (χ0n) is 19.0. The van der Waals surface area contributed by atoms with Crippen LogP contribution in [0.25, 0.3) is 0 Å². The molecule has 4 aliphatic carbocycles. The van der Waals surface area contributed by atoms with Crippen LogP contribution in [0.1, 0.15) is 104 Å². The van der Waals surface area contributed by atoms with Crippen LogP contribution in [0, 0.1) is 40.4 Å². The predicted molar refractivity (Wildman–Crippen MR) is 115 cm³/mol. The van der Waals surface area contributed by atoms with Gasteiger partial charge in [0.15, 0.2) is 0 Å². The number of fused-ring (bicyclic) bond motifs is 5. The topological polar surface area (TPSA) is 43.4 Å². The van der Waals surface area contributed by atoms with Crippen LogP contribution in [0.15, 0.2) is 0 Å². The van der Waals surface area contributed by atoms with E-state index in [4.69, 9.17) is 0 Å². The van der Waals surface area contributed by atoms with Gasteiger partial charge in [-0.15, -0.1) is 0 Å². The van der Waals surface area contributed by atoms with Gasteiger partial charge in [-0.3, -0.25) is 9.59 Å². The SMILES string of the molecule is COC(=O)CC(=O)CCCC1CCC2C3CCC4CCCCC4(C)C3CCC12C. The van der Waals surface area contributed by atoms with E-state index in [1.165, 1.54) is 71.3 Å². The molecule has 0 aromatic rings. The summed E-state index contributed by atoms with van der Waals surface area (Å²) in [6, 6.07) is 0. The second kappa shape index (κ2) is 8.35. The Balaban J connectivity index is 1.37. The smallest absolute Gasteiger partial charge is 0.313 e. The first-order chi connectivity index (χ1) is 13.9. The molecule has 0 spiro atoms. The van der Waals surface area contributed by atoms with Crippen LogP contribution in [0.5, 0.6) is 0 Å². The number of hydrogen-bond acceptors (Lipinski definition) is 3. The molecular formula is C26H42O3. The van der Waals surface area contributed by atoms with Crippen LogP contribution in [0.3, 0.4) is 0 Å². The Morgan fingerprint density at radius 1 is 0.897 bits per heavy atom. The Labute approximate surface area is 177 Å². The summed E-state index contributed by atoms with van der Waals surface area (Å²) in [6.07, 6.45) is 17.1. The van der Waals surface area contributed by atoms with E-state index in [1.54, 1.807) is 0 Å². The molecule has 7 unspecified atom stereocenters. The molecule has 0 heterocycles. The minimum atomic E-state index is -0.395. The summed E-state index contributed by atoms with van der Waals surface area (Å²) in [4.78, 5) is 23.3. The number of ether oxygens (including phenoxy) is 1. The maximum Gasteiger partial charge on any atom is 0.313 e. The maximum absolute atomic E-state index is 12.0. The molecular weight excluding hydrogens is 360 g/mol. The molecule has 4 rings (SSSR count). The molecule has 0 aromatic carbocycles. The normalized spacial score (nSPS) is 43.8. The van der Waals surface area contributed by atoms with E-state index >= 15 is 0 Å². The van der Waals surface area contributed by atoms with E-state index < -0.39 is 5.97 Å². The summed E-state index contributed by atoms with van der Waals surface area (Å²) >= 11 is 0. The van der Waals surface area contributed by atoms with Gasteiger partial charge < -0.3 is 4.74 Å². The molecule has 0 aliphatic heterocycles. The lowest BCUT2D eigenvalue weighted by Crippen LogP contribution is -2.52. The molecule has 29 heavy (non-hydrogen) atoms. The van der Waals surface area contributed by atoms with Gasteiger partial charge in [0.1, 0.15) is 12.2 Å². The molecule has 0 amide bonds. The van der Waals surface area contributed by atoms with Crippen molar-refractivity contribution in [3.63, 3.8) is 0 Å². The number of methoxy groups -OCH3 is 1. The summed E-state index contributed by atoms with van der Waals surface area (Å²) in [5.41, 5.74) is 1.12. The van der Waals surface area contributed by atoms with E-state index in [-0.39, 0.29) is 12.2 Å². The molecule has 0 aromatic heterocycles. The molecule has 4 fully saturated rings. The molecule has 4 aliphatic rings. The fraction of sp³-hybridized carbons (Fsp3) is 0.923. The first-order valence-corrected chi connectivity index (χ1v) is 12.5. The van der Waals surface area contributed by atoms with Gasteiger partial charge in [0.05, 0.1) is 7.11 Å². The lowest BCUT2D eigenvalue weighted by atomic mass is 9.45. The van der Waals surface area contributed by atoms with Crippen molar-refractivity contribution >= 4 is 11.8 Å². The third-order valence-electron chi connectivity index (χ3n) is 10.4. The van der Waals surface area contributed by atoms with Gasteiger partial charge in [0.2, 0.25) is 0 Å². The largest absolute Gasteiger partial charge is 0.469 e. The lowest BCUT2D eigenvalue weighted by molar-refractivity contribution is -0.143. The minimum Gasteiger partial charge on any atom is -0.469 e. The zero-order chi connectivity index (χ0) is 20.6. The van der Waals surface area contributed by atoms with Gasteiger partial charge in [-0.2, -0.15) is 0 Å². The van der Waals surface area contributed by atoms with E-state index in [0.717, 1.165) is 42.4 Å². The van der Waals surface area contributed by atoms with Gasteiger partial charge >= 0.3 is 5.97 Å². The number of Topliss-reactive ketones (excluding diaryl/α,β-unsaturated/α-hetero) is 1. The van der Waals surface area contributed by atoms with Crippen LogP contribution in [-0.2, 0) is 14.3 Å². The van der Waals surface area contributed by atoms with E-state index in [1.807, 2.05) is 0 Å². The van der Waals surface area contributed by atoms with Crippen LogP contribution in [-0.4, -0.2) is 18.9 Å². The molecule has 0 saturated heterocycles. The Kier molecular flexibility index (Phi) is 6.15. The lowest BCUT2D eigenvalue weighted by Gasteiger charge is -2.60. The van der Waals surface area contributed by atoms with Gasteiger partial charge in [0, 0.05) is 6.42 Å². The first kappa shape index (κ1) is 21.4. The second-order valence-corrected chi connectivity index (χ2v) is 11.4. The molecule has 3 heteroatoms. The number of esters is 1. The van der Waals surface area contributed by atoms with Crippen molar-refractivity contribution in [2.75, 3.05) is 7.11 Å². The highest BCUT2D eigenvalue weighted by atomic mass is 16.5. The van der Waals surface area contributed by atoms with Crippen LogP contribution in [0.2, 0.25) is 0 Å². The minimum absolute atomic E-state index is 0.0452. The third-order valence-corrected chi connectivity index (χ3v) is 10.4. The summed E-state index contributed by atoms with van der Waals surface area (Å²) in [5.74, 6) is 4.27. The average Bonchev–Trinajstić information content (AvgIpc) is 3.04. The highest BCUT2D eigenvalue weighted by molar-refractivity contribution is 5.95. The van der Waals surface area contributed by atoms with Crippen molar-refractivity contribution in [2.45, 2.75) is 104 Å². The summed E-state index contributed by atoms with van der Waals surface area (Å²) in [5, 5.41) is 0. The van der Waals surface area contributed by atoms with Gasteiger partial charge in [-0.25, -0.2) is 0 Å². The number of rotatable bonds is 6. The fourth-order valence-corrected chi connectivity index (χ4v) is 8.75. The summed E-state index contributed by atoms with van der Waals surface area (Å²) in [6.45, 7) is 5.26.